The standard InChI is InChI=1S/C19H28N2O4/c1-13-3-4-16(17(9-13)25-12-15-5-7-23-11-15)10-21-19(22)18-14(2)24-8-6-20-18/h3-4,9,14-15,18,20H,5-8,10-12H2,1-2H3,(H,21,22)/t14-,15?,18+/m1/s1. The lowest BCUT2D eigenvalue weighted by Gasteiger charge is -2.29. The molecule has 2 heterocycles. The van der Waals surface area contributed by atoms with Crippen molar-refractivity contribution < 1.29 is 19.0 Å². The molecule has 2 fully saturated rings. The second kappa shape index (κ2) is 8.65. The van der Waals surface area contributed by atoms with Crippen molar-refractivity contribution in [1.29, 1.82) is 0 Å². The van der Waals surface area contributed by atoms with Gasteiger partial charge in [-0.1, -0.05) is 12.1 Å². The molecule has 1 aromatic carbocycles. The Hall–Kier alpha value is -1.63. The van der Waals surface area contributed by atoms with Crippen LogP contribution in [0.1, 0.15) is 24.5 Å². The summed E-state index contributed by atoms with van der Waals surface area (Å²) in [4.78, 5) is 12.4. The number of hydrogen-bond donors (Lipinski definition) is 2. The first kappa shape index (κ1) is 18.2. The van der Waals surface area contributed by atoms with E-state index in [1.54, 1.807) is 0 Å². The van der Waals surface area contributed by atoms with Crippen LogP contribution in [0.15, 0.2) is 18.2 Å². The quantitative estimate of drug-likeness (QED) is 0.813. The van der Waals surface area contributed by atoms with Gasteiger partial charge in [0.25, 0.3) is 0 Å². The van der Waals surface area contributed by atoms with Crippen molar-refractivity contribution in [1.82, 2.24) is 10.6 Å². The largest absolute Gasteiger partial charge is 0.493 e. The topological polar surface area (TPSA) is 68.8 Å². The number of carbonyl (C=O) groups is 1. The Morgan fingerprint density at radius 3 is 3.04 bits per heavy atom. The highest BCUT2D eigenvalue weighted by Crippen LogP contribution is 2.22. The van der Waals surface area contributed by atoms with Crippen molar-refractivity contribution in [2.75, 3.05) is 33.0 Å². The molecule has 1 amide bonds. The maximum atomic E-state index is 12.4. The fraction of sp³-hybridized carbons (Fsp3) is 0.632. The van der Waals surface area contributed by atoms with Crippen molar-refractivity contribution in [3.8, 4) is 5.75 Å². The maximum Gasteiger partial charge on any atom is 0.240 e. The Labute approximate surface area is 149 Å². The number of carbonyl (C=O) groups excluding carboxylic acids is 1. The van der Waals surface area contributed by atoms with E-state index in [0.29, 0.717) is 32.2 Å². The molecule has 6 heteroatoms. The van der Waals surface area contributed by atoms with E-state index in [9.17, 15) is 4.79 Å². The van der Waals surface area contributed by atoms with E-state index in [-0.39, 0.29) is 18.1 Å². The Balaban J connectivity index is 1.58. The van der Waals surface area contributed by atoms with Gasteiger partial charge in [0.15, 0.2) is 0 Å². The molecule has 3 rings (SSSR count). The fourth-order valence-corrected chi connectivity index (χ4v) is 3.18. The summed E-state index contributed by atoms with van der Waals surface area (Å²) < 4.78 is 17.0. The molecule has 3 atom stereocenters. The predicted octanol–water partition coefficient (Wildman–Crippen LogP) is 1.40. The van der Waals surface area contributed by atoms with Gasteiger partial charge in [0.05, 0.1) is 25.9 Å². The van der Waals surface area contributed by atoms with Crippen LogP contribution < -0.4 is 15.4 Å². The number of benzene rings is 1. The van der Waals surface area contributed by atoms with Gasteiger partial charge in [-0.2, -0.15) is 0 Å². The highest BCUT2D eigenvalue weighted by molar-refractivity contribution is 5.82. The van der Waals surface area contributed by atoms with Gasteiger partial charge in [-0.05, 0) is 31.9 Å². The average molecular weight is 348 g/mol. The molecule has 2 aliphatic heterocycles. The van der Waals surface area contributed by atoms with Crippen LogP contribution in [0, 0.1) is 12.8 Å². The summed E-state index contributed by atoms with van der Waals surface area (Å²) in [5.74, 6) is 1.25. The third kappa shape index (κ3) is 4.93. The molecule has 2 N–H and O–H groups in total. The van der Waals surface area contributed by atoms with E-state index in [4.69, 9.17) is 14.2 Å². The van der Waals surface area contributed by atoms with Gasteiger partial charge in [-0.25, -0.2) is 0 Å². The van der Waals surface area contributed by atoms with E-state index >= 15 is 0 Å². The molecule has 0 radical (unpaired) electrons. The zero-order valence-corrected chi connectivity index (χ0v) is 15.0. The van der Waals surface area contributed by atoms with Gasteiger partial charge in [-0.15, -0.1) is 0 Å². The molecule has 2 saturated heterocycles. The number of aryl methyl sites for hydroxylation is 1. The zero-order valence-electron chi connectivity index (χ0n) is 15.0. The summed E-state index contributed by atoms with van der Waals surface area (Å²) in [6.45, 7) is 7.98. The van der Waals surface area contributed by atoms with Crippen LogP contribution in [0.2, 0.25) is 0 Å². The van der Waals surface area contributed by atoms with Crippen LogP contribution >= 0.6 is 0 Å². The summed E-state index contributed by atoms with van der Waals surface area (Å²) in [5.41, 5.74) is 2.13. The van der Waals surface area contributed by atoms with E-state index in [1.807, 2.05) is 32.0 Å². The summed E-state index contributed by atoms with van der Waals surface area (Å²) in [5, 5.41) is 6.21. The SMILES string of the molecule is Cc1ccc(CNC(=O)[C@H]2NCCO[C@@H]2C)c(OCC2CCOC2)c1. The third-order valence-corrected chi connectivity index (χ3v) is 4.77. The van der Waals surface area contributed by atoms with Crippen molar-refractivity contribution in [2.24, 2.45) is 5.92 Å². The summed E-state index contributed by atoms with van der Waals surface area (Å²) in [6, 6.07) is 5.78. The van der Waals surface area contributed by atoms with Crippen LogP contribution in [-0.4, -0.2) is 51.0 Å². The van der Waals surface area contributed by atoms with Gasteiger partial charge in [0.1, 0.15) is 11.8 Å². The lowest BCUT2D eigenvalue weighted by molar-refractivity contribution is -0.129. The first-order valence-corrected chi connectivity index (χ1v) is 9.06. The molecule has 2 aliphatic rings. The van der Waals surface area contributed by atoms with Crippen LogP contribution in [-0.2, 0) is 20.8 Å². The fourth-order valence-electron chi connectivity index (χ4n) is 3.18. The monoisotopic (exact) mass is 348 g/mol. The van der Waals surface area contributed by atoms with Crippen molar-refractivity contribution in [3.63, 3.8) is 0 Å². The second-order valence-corrected chi connectivity index (χ2v) is 6.88. The predicted molar refractivity (Wildman–Crippen MR) is 94.7 cm³/mol. The highest BCUT2D eigenvalue weighted by Gasteiger charge is 2.28. The number of rotatable bonds is 6. The van der Waals surface area contributed by atoms with Crippen LogP contribution in [0.5, 0.6) is 5.75 Å². The highest BCUT2D eigenvalue weighted by atomic mass is 16.5. The Morgan fingerprint density at radius 2 is 2.28 bits per heavy atom. The van der Waals surface area contributed by atoms with Crippen LogP contribution in [0.4, 0.5) is 0 Å². The smallest absolute Gasteiger partial charge is 0.240 e. The molecule has 25 heavy (non-hydrogen) atoms. The van der Waals surface area contributed by atoms with Crippen LogP contribution in [0.25, 0.3) is 0 Å². The lowest BCUT2D eigenvalue weighted by atomic mass is 10.1. The van der Waals surface area contributed by atoms with Gasteiger partial charge in [0.2, 0.25) is 5.91 Å². The molecular weight excluding hydrogens is 320 g/mol. The molecule has 138 valence electrons. The zero-order chi connectivity index (χ0) is 17.6. The molecule has 0 aliphatic carbocycles. The molecule has 0 spiro atoms. The number of nitrogens with one attached hydrogen (secondary N) is 2. The number of amides is 1. The minimum Gasteiger partial charge on any atom is -0.493 e. The Morgan fingerprint density at radius 1 is 1.40 bits per heavy atom. The van der Waals surface area contributed by atoms with Crippen molar-refractivity contribution in [2.45, 2.75) is 39.0 Å². The normalized spacial score (nSPS) is 26.4. The number of ether oxygens (including phenoxy) is 3. The summed E-state index contributed by atoms with van der Waals surface area (Å²) >= 11 is 0. The van der Waals surface area contributed by atoms with Gasteiger partial charge >= 0.3 is 0 Å². The minimum absolute atomic E-state index is 0.0390. The molecule has 0 aromatic heterocycles. The first-order valence-electron chi connectivity index (χ1n) is 9.06. The van der Waals surface area contributed by atoms with E-state index < -0.39 is 0 Å². The molecule has 0 saturated carbocycles. The van der Waals surface area contributed by atoms with E-state index in [2.05, 4.69) is 10.6 Å². The Bertz CT molecular complexity index is 587. The van der Waals surface area contributed by atoms with Gasteiger partial charge in [0, 0.05) is 31.2 Å². The van der Waals surface area contributed by atoms with E-state index in [0.717, 1.165) is 36.5 Å². The lowest BCUT2D eigenvalue weighted by Crippen LogP contribution is -2.55. The summed E-state index contributed by atoms with van der Waals surface area (Å²) in [6.07, 6.45) is 0.924. The Kier molecular flexibility index (Phi) is 6.29. The van der Waals surface area contributed by atoms with Gasteiger partial charge < -0.3 is 24.8 Å². The molecule has 1 aromatic rings. The molecule has 6 nitrogen and oxygen atoms in total. The first-order chi connectivity index (χ1) is 12.1. The molecular formula is C19H28N2O4. The average Bonchev–Trinajstić information content (AvgIpc) is 3.13. The second-order valence-electron chi connectivity index (χ2n) is 6.88. The van der Waals surface area contributed by atoms with Gasteiger partial charge in [-0.3, -0.25) is 4.79 Å². The number of hydrogen-bond acceptors (Lipinski definition) is 5. The van der Waals surface area contributed by atoms with Crippen molar-refractivity contribution in [3.05, 3.63) is 29.3 Å². The maximum absolute atomic E-state index is 12.4. The third-order valence-electron chi connectivity index (χ3n) is 4.77. The van der Waals surface area contributed by atoms with Crippen molar-refractivity contribution >= 4 is 5.91 Å². The molecule has 0 bridgehead atoms. The van der Waals surface area contributed by atoms with E-state index in [1.165, 1.54) is 0 Å². The molecule has 1 unspecified atom stereocenters. The summed E-state index contributed by atoms with van der Waals surface area (Å²) in [7, 11) is 0. The number of morpholine rings is 1. The minimum atomic E-state index is -0.306. The van der Waals surface area contributed by atoms with Crippen LogP contribution in [0.3, 0.4) is 0 Å².